The number of carbonyl (C=O) groups is 1. The Morgan fingerprint density at radius 1 is 1.17 bits per heavy atom. The molecule has 1 atom stereocenters. The third-order valence-electron chi connectivity index (χ3n) is 5.09. The molecule has 5 nitrogen and oxygen atoms in total. The number of hydrogen-bond acceptors (Lipinski definition) is 4. The molecular weight excluding hydrogens is 304 g/mol. The van der Waals surface area contributed by atoms with E-state index in [0.29, 0.717) is 5.91 Å². The van der Waals surface area contributed by atoms with Crippen LogP contribution in [0.25, 0.3) is 0 Å². The lowest BCUT2D eigenvalue weighted by molar-refractivity contribution is -0.138. The van der Waals surface area contributed by atoms with Gasteiger partial charge in [-0.2, -0.15) is 0 Å². The Bertz CT molecular complexity index is 558. The summed E-state index contributed by atoms with van der Waals surface area (Å²) in [5.74, 6) is 1.88. The van der Waals surface area contributed by atoms with Gasteiger partial charge in [0.15, 0.2) is 11.5 Å². The molecule has 1 fully saturated rings. The van der Waals surface area contributed by atoms with E-state index in [1.807, 2.05) is 17.0 Å². The fourth-order valence-corrected chi connectivity index (χ4v) is 3.39. The SMILES string of the molecule is CCC(CC)C(=O)N1CCN(C)C(c2ccc(OC)c(OC)c2)C1. The molecule has 24 heavy (non-hydrogen) atoms. The van der Waals surface area contributed by atoms with Crippen molar-refractivity contribution in [2.45, 2.75) is 32.7 Å². The number of piperazine rings is 1. The van der Waals surface area contributed by atoms with Gasteiger partial charge in [0, 0.05) is 25.6 Å². The van der Waals surface area contributed by atoms with Gasteiger partial charge in [-0.15, -0.1) is 0 Å². The summed E-state index contributed by atoms with van der Waals surface area (Å²) in [6.07, 6.45) is 1.81. The Labute approximate surface area is 145 Å². The van der Waals surface area contributed by atoms with Gasteiger partial charge in [-0.1, -0.05) is 19.9 Å². The molecule has 1 saturated heterocycles. The first-order chi connectivity index (χ1) is 11.5. The van der Waals surface area contributed by atoms with Crippen molar-refractivity contribution in [3.63, 3.8) is 0 Å². The monoisotopic (exact) mass is 334 g/mol. The molecule has 0 radical (unpaired) electrons. The number of likely N-dealkylation sites (N-methyl/N-ethyl adjacent to an activating group) is 1. The van der Waals surface area contributed by atoms with Crippen molar-refractivity contribution < 1.29 is 14.3 Å². The van der Waals surface area contributed by atoms with E-state index in [9.17, 15) is 4.79 Å². The lowest BCUT2D eigenvalue weighted by atomic mass is 9.98. The third-order valence-corrected chi connectivity index (χ3v) is 5.09. The molecule has 1 aliphatic rings. The smallest absolute Gasteiger partial charge is 0.225 e. The first-order valence-corrected chi connectivity index (χ1v) is 8.76. The standard InChI is InChI=1S/C19H30N2O3/c1-6-14(7-2)19(22)21-11-10-20(3)16(13-21)15-8-9-17(23-4)18(12-15)24-5/h8-9,12,14,16H,6-7,10-11,13H2,1-5H3. The molecule has 5 heteroatoms. The highest BCUT2D eigenvalue weighted by molar-refractivity contribution is 5.79. The highest BCUT2D eigenvalue weighted by Crippen LogP contribution is 2.33. The van der Waals surface area contributed by atoms with Crippen LogP contribution in [0.1, 0.15) is 38.3 Å². The highest BCUT2D eigenvalue weighted by Gasteiger charge is 2.31. The number of ether oxygens (including phenoxy) is 2. The fraction of sp³-hybridized carbons (Fsp3) is 0.632. The van der Waals surface area contributed by atoms with Crippen LogP contribution in [0.3, 0.4) is 0 Å². The average molecular weight is 334 g/mol. The maximum absolute atomic E-state index is 12.7. The molecule has 1 aliphatic heterocycles. The molecule has 0 saturated carbocycles. The Morgan fingerprint density at radius 3 is 2.42 bits per heavy atom. The number of amides is 1. The molecule has 1 heterocycles. The predicted octanol–water partition coefficient (Wildman–Crippen LogP) is 2.96. The van der Waals surface area contributed by atoms with E-state index in [0.717, 1.165) is 49.5 Å². The highest BCUT2D eigenvalue weighted by atomic mass is 16.5. The quantitative estimate of drug-likeness (QED) is 0.802. The second-order valence-electron chi connectivity index (χ2n) is 6.41. The maximum Gasteiger partial charge on any atom is 0.225 e. The van der Waals surface area contributed by atoms with Gasteiger partial charge in [0.1, 0.15) is 0 Å². The molecular formula is C19H30N2O3. The molecule has 0 spiro atoms. The fourth-order valence-electron chi connectivity index (χ4n) is 3.39. The summed E-state index contributed by atoms with van der Waals surface area (Å²) < 4.78 is 10.7. The van der Waals surface area contributed by atoms with Crippen LogP contribution in [0.5, 0.6) is 11.5 Å². The number of methoxy groups -OCH3 is 2. The molecule has 0 aromatic heterocycles. The van der Waals surface area contributed by atoms with Crippen LogP contribution in [-0.2, 0) is 4.79 Å². The summed E-state index contributed by atoms with van der Waals surface area (Å²) in [7, 11) is 5.40. The summed E-state index contributed by atoms with van der Waals surface area (Å²) in [5.41, 5.74) is 1.15. The molecule has 0 bridgehead atoms. The van der Waals surface area contributed by atoms with Gasteiger partial charge in [0.25, 0.3) is 0 Å². The van der Waals surface area contributed by atoms with Crippen LogP contribution in [0.2, 0.25) is 0 Å². The topological polar surface area (TPSA) is 42.0 Å². The zero-order valence-corrected chi connectivity index (χ0v) is 15.5. The lowest BCUT2D eigenvalue weighted by Crippen LogP contribution is -2.50. The number of rotatable bonds is 6. The molecule has 1 amide bonds. The molecule has 2 rings (SSSR count). The van der Waals surface area contributed by atoms with Gasteiger partial charge < -0.3 is 14.4 Å². The zero-order valence-electron chi connectivity index (χ0n) is 15.5. The van der Waals surface area contributed by atoms with Crippen LogP contribution in [-0.4, -0.2) is 56.6 Å². The second-order valence-corrected chi connectivity index (χ2v) is 6.41. The maximum atomic E-state index is 12.7. The van der Waals surface area contributed by atoms with Gasteiger partial charge in [0.2, 0.25) is 5.91 Å². The van der Waals surface area contributed by atoms with Crippen LogP contribution < -0.4 is 9.47 Å². The molecule has 1 unspecified atom stereocenters. The minimum atomic E-state index is 0.138. The van der Waals surface area contributed by atoms with Crippen molar-refractivity contribution in [2.75, 3.05) is 40.9 Å². The third kappa shape index (κ3) is 3.83. The minimum Gasteiger partial charge on any atom is -0.493 e. The van der Waals surface area contributed by atoms with Crippen LogP contribution in [0, 0.1) is 5.92 Å². The summed E-state index contributed by atoms with van der Waals surface area (Å²) in [6, 6.07) is 6.19. The van der Waals surface area contributed by atoms with Gasteiger partial charge >= 0.3 is 0 Å². The van der Waals surface area contributed by atoms with Gasteiger partial charge in [-0.25, -0.2) is 0 Å². The first kappa shape index (κ1) is 18.6. The molecule has 0 N–H and O–H groups in total. The second kappa shape index (κ2) is 8.38. The van der Waals surface area contributed by atoms with E-state index < -0.39 is 0 Å². The Morgan fingerprint density at radius 2 is 1.83 bits per heavy atom. The van der Waals surface area contributed by atoms with Crippen LogP contribution >= 0.6 is 0 Å². The van der Waals surface area contributed by atoms with Crippen molar-refractivity contribution in [1.29, 1.82) is 0 Å². The van der Waals surface area contributed by atoms with E-state index in [2.05, 4.69) is 31.9 Å². The molecule has 0 aliphatic carbocycles. The number of hydrogen-bond donors (Lipinski definition) is 0. The zero-order chi connectivity index (χ0) is 17.7. The molecule has 134 valence electrons. The van der Waals surface area contributed by atoms with Crippen molar-refractivity contribution in [3.8, 4) is 11.5 Å². The number of carbonyl (C=O) groups excluding carboxylic acids is 1. The summed E-state index contributed by atoms with van der Waals surface area (Å²) in [6.45, 7) is 6.59. The Balaban J connectivity index is 2.21. The van der Waals surface area contributed by atoms with E-state index in [-0.39, 0.29) is 12.0 Å². The number of nitrogens with zero attached hydrogens (tertiary/aromatic N) is 2. The lowest BCUT2D eigenvalue weighted by Gasteiger charge is -2.41. The summed E-state index contributed by atoms with van der Waals surface area (Å²) >= 11 is 0. The first-order valence-electron chi connectivity index (χ1n) is 8.76. The summed E-state index contributed by atoms with van der Waals surface area (Å²) in [4.78, 5) is 17.1. The van der Waals surface area contributed by atoms with Crippen LogP contribution in [0.15, 0.2) is 18.2 Å². The van der Waals surface area contributed by atoms with E-state index in [1.54, 1.807) is 14.2 Å². The minimum absolute atomic E-state index is 0.138. The Hall–Kier alpha value is -1.75. The molecule has 1 aromatic rings. The van der Waals surface area contributed by atoms with Crippen molar-refractivity contribution in [3.05, 3.63) is 23.8 Å². The van der Waals surface area contributed by atoms with E-state index in [4.69, 9.17) is 9.47 Å². The van der Waals surface area contributed by atoms with E-state index in [1.165, 1.54) is 0 Å². The normalized spacial score (nSPS) is 18.8. The van der Waals surface area contributed by atoms with Gasteiger partial charge in [-0.3, -0.25) is 9.69 Å². The van der Waals surface area contributed by atoms with E-state index >= 15 is 0 Å². The average Bonchev–Trinajstić information content (AvgIpc) is 2.62. The summed E-state index contributed by atoms with van der Waals surface area (Å²) in [5, 5.41) is 0. The van der Waals surface area contributed by atoms with Crippen molar-refractivity contribution >= 4 is 5.91 Å². The van der Waals surface area contributed by atoms with Gasteiger partial charge in [-0.05, 0) is 37.6 Å². The predicted molar refractivity (Wildman–Crippen MR) is 95.6 cm³/mol. The van der Waals surface area contributed by atoms with Gasteiger partial charge in [0.05, 0.1) is 20.3 Å². The van der Waals surface area contributed by atoms with Crippen molar-refractivity contribution in [2.24, 2.45) is 5.92 Å². The van der Waals surface area contributed by atoms with Crippen molar-refractivity contribution in [1.82, 2.24) is 9.80 Å². The Kier molecular flexibility index (Phi) is 6.49. The van der Waals surface area contributed by atoms with Crippen LogP contribution in [0.4, 0.5) is 0 Å². The number of benzene rings is 1. The molecule has 1 aromatic carbocycles. The largest absolute Gasteiger partial charge is 0.493 e.